The number of hydrogen-bond donors (Lipinski definition) is 1. The van der Waals surface area contributed by atoms with Crippen molar-refractivity contribution in [2.75, 3.05) is 26.2 Å². The molecule has 0 aliphatic carbocycles. The van der Waals surface area contributed by atoms with Crippen molar-refractivity contribution in [2.24, 2.45) is 11.1 Å². The predicted molar refractivity (Wildman–Crippen MR) is 86.7 cm³/mol. The molecule has 124 valence electrons. The van der Waals surface area contributed by atoms with E-state index < -0.39 is 0 Å². The third-order valence-corrected chi connectivity index (χ3v) is 4.00. The minimum atomic E-state index is -0.318. The van der Waals surface area contributed by atoms with Crippen LogP contribution in [-0.4, -0.2) is 37.0 Å². The van der Waals surface area contributed by atoms with Gasteiger partial charge in [-0.3, -0.25) is 4.79 Å². The van der Waals surface area contributed by atoms with Crippen molar-refractivity contribution >= 4 is 18.3 Å². The van der Waals surface area contributed by atoms with E-state index in [9.17, 15) is 9.18 Å². The number of rotatable bonds is 6. The molecule has 0 bridgehead atoms. The lowest BCUT2D eigenvalue weighted by molar-refractivity contribution is -0.130. The van der Waals surface area contributed by atoms with Crippen LogP contribution in [0.4, 0.5) is 4.39 Å². The predicted octanol–water partition coefficient (Wildman–Crippen LogP) is 2.60. The first-order chi connectivity index (χ1) is 10.0. The first kappa shape index (κ1) is 18.7. The number of carbonyl (C=O) groups is 1. The van der Waals surface area contributed by atoms with Crippen molar-refractivity contribution < 1.29 is 13.9 Å². The molecular weight excluding hydrogens is 307 g/mol. The Balaban J connectivity index is 0.00000242. The van der Waals surface area contributed by atoms with Crippen LogP contribution in [0.25, 0.3) is 0 Å². The summed E-state index contributed by atoms with van der Waals surface area (Å²) in [6.07, 6.45) is 2.05. The number of likely N-dealkylation sites (tertiary alicyclic amines) is 1. The quantitative estimate of drug-likeness (QED) is 0.816. The van der Waals surface area contributed by atoms with Gasteiger partial charge in [0.1, 0.15) is 11.6 Å². The van der Waals surface area contributed by atoms with Crippen LogP contribution in [0.1, 0.15) is 26.2 Å². The number of amides is 1. The van der Waals surface area contributed by atoms with Crippen LogP contribution in [0.15, 0.2) is 24.3 Å². The molecule has 1 fully saturated rings. The van der Waals surface area contributed by atoms with E-state index in [1.807, 2.05) is 4.90 Å². The highest BCUT2D eigenvalue weighted by molar-refractivity contribution is 5.85. The lowest BCUT2D eigenvalue weighted by Crippen LogP contribution is -2.34. The van der Waals surface area contributed by atoms with Gasteiger partial charge in [0.15, 0.2) is 0 Å². The van der Waals surface area contributed by atoms with Crippen molar-refractivity contribution in [3.63, 3.8) is 0 Å². The molecule has 0 radical (unpaired) electrons. The van der Waals surface area contributed by atoms with E-state index in [0.717, 1.165) is 19.5 Å². The second kappa shape index (κ2) is 8.34. The maximum Gasteiger partial charge on any atom is 0.222 e. The summed E-state index contributed by atoms with van der Waals surface area (Å²) in [5, 5.41) is 0. The molecule has 1 aliphatic heterocycles. The molecule has 2 N–H and O–H groups in total. The summed E-state index contributed by atoms with van der Waals surface area (Å²) in [6, 6.07) is 6.03. The standard InChI is InChI=1S/C16H23FN2O2.ClH/c1-16(11-18)7-8-19(12-16)15(20)6-3-9-21-14-5-2-4-13(17)10-14;/h2,4-5,10H,3,6-9,11-12,18H2,1H3;1H. The maximum atomic E-state index is 13.0. The number of nitrogens with two attached hydrogens (primary N) is 1. The van der Waals surface area contributed by atoms with E-state index in [4.69, 9.17) is 10.5 Å². The monoisotopic (exact) mass is 330 g/mol. The molecule has 1 unspecified atom stereocenters. The Hall–Kier alpha value is -1.33. The molecule has 0 spiro atoms. The Bertz CT molecular complexity index is 501. The van der Waals surface area contributed by atoms with E-state index in [0.29, 0.717) is 31.7 Å². The molecule has 0 saturated carbocycles. The summed E-state index contributed by atoms with van der Waals surface area (Å²) < 4.78 is 18.4. The average Bonchev–Trinajstić information content (AvgIpc) is 2.87. The normalized spacial score (nSPS) is 20.6. The highest BCUT2D eigenvalue weighted by Crippen LogP contribution is 2.28. The zero-order chi connectivity index (χ0) is 15.3. The van der Waals surface area contributed by atoms with E-state index in [1.54, 1.807) is 12.1 Å². The minimum absolute atomic E-state index is 0. The van der Waals surface area contributed by atoms with Gasteiger partial charge in [-0.25, -0.2) is 4.39 Å². The summed E-state index contributed by atoms with van der Waals surface area (Å²) >= 11 is 0. The molecule has 1 amide bonds. The van der Waals surface area contributed by atoms with Crippen molar-refractivity contribution in [1.82, 2.24) is 4.90 Å². The molecule has 0 aromatic heterocycles. The summed E-state index contributed by atoms with van der Waals surface area (Å²) in [6.45, 7) is 4.67. The first-order valence-electron chi connectivity index (χ1n) is 7.39. The SMILES string of the molecule is CC1(CN)CCN(C(=O)CCCOc2cccc(F)c2)C1.Cl. The Morgan fingerprint density at radius 2 is 2.27 bits per heavy atom. The molecule has 1 heterocycles. The van der Waals surface area contributed by atoms with Gasteiger partial charge >= 0.3 is 0 Å². The third kappa shape index (κ3) is 5.14. The van der Waals surface area contributed by atoms with Crippen molar-refractivity contribution in [1.29, 1.82) is 0 Å². The number of carbonyl (C=O) groups excluding carboxylic acids is 1. The van der Waals surface area contributed by atoms with Gasteiger partial charge in [0, 0.05) is 25.6 Å². The molecular formula is C16H24ClFN2O2. The fraction of sp³-hybridized carbons (Fsp3) is 0.562. The van der Waals surface area contributed by atoms with Crippen LogP contribution in [0, 0.1) is 11.2 Å². The number of nitrogens with zero attached hydrogens (tertiary/aromatic N) is 1. The second-order valence-electron chi connectivity index (χ2n) is 5.99. The van der Waals surface area contributed by atoms with Crippen LogP contribution in [0.2, 0.25) is 0 Å². The number of benzene rings is 1. The molecule has 2 rings (SSSR count). The Morgan fingerprint density at radius 1 is 1.50 bits per heavy atom. The van der Waals surface area contributed by atoms with E-state index in [2.05, 4.69) is 6.92 Å². The molecule has 1 aromatic carbocycles. The average molecular weight is 331 g/mol. The van der Waals surface area contributed by atoms with Crippen molar-refractivity contribution in [2.45, 2.75) is 26.2 Å². The van der Waals surface area contributed by atoms with E-state index >= 15 is 0 Å². The summed E-state index contributed by atoms with van der Waals surface area (Å²) in [5.41, 5.74) is 5.80. The van der Waals surface area contributed by atoms with Gasteiger partial charge in [-0.1, -0.05) is 13.0 Å². The highest BCUT2D eigenvalue weighted by atomic mass is 35.5. The number of ether oxygens (including phenoxy) is 1. The van der Waals surface area contributed by atoms with Gasteiger partial charge in [0.2, 0.25) is 5.91 Å². The lowest BCUT2D eigenvalue weighted by atomic mass is 9.90. The fourth-order valence-electron chi connectivity index (χ4n) is 2.53. The smallest absolute Gasteiger partial charge is 0.222 e. The Labute approximate surface area is 137 Å². The van der Waals surface area contributed by atoms with Crippen molar-refractivity contribution in [3.05, 3.63) is 30.1 Å². The minimum Gasteiger partial charge on any atom is -0.493 e. The van der Waals surface area contributed by atoms with Crippen LogP contribution in [0.3, 0.4) is 0 Å². The van der Waals surface area contributed by atoms with Gasteiger partial charge in [-0.15, -0.1) is 12.4 Å². The van der Waals surface area contributed by atoms with Gasteiger partial charge in [-0.2, -0.15) is 0 Å². The lowest BCUT2D eigenvalue weighted by Gasteiger charge is -2.22. The van der Waals surface area contributed by atoms with E-state index in [-0.39, 0.29) is 29.5 Å². The number of hydrogen-bond acceptors (Lipinski definition) is 3. The summed E-state index contributed by atoms with van der Waals surface area (Å²) in [4.78, 5) is 14.0. The van der Waals surface area contributed by atoms with Gasteiger partial charge in [0.05, 0.1) is 6.61 Å². The Morgan fingerprint density at radius 3 is 2.91 bits per heavy atom. The van der Waals surface area contributed by atoms with Crippen molar-refractivity contribution in [3.8, 4) is 5.75 Å². The van der Waals surface area contributed by atoms with Crippen LogP contribution in [-0.2, 0) is 4.79 Å². The first-order valence-corrected chi connectivity index (χ1v) is 7.39. The highest BCUT2D eigenvalue weighted by Gasteiger charge is 2.34. The van der Waals surface area contributed by atoms with Gasteiger partial charge in [0.25, 0.3) is 0 Å². The molecule has 4 nitrogen and oxygen atoms in total. The molecule has 1 saturated heterocycles. The summed E-state index contributed by atoms with van der Waals surface area (Å²) in [5.74, 6) is 0.330. The third-order valence-electron chi connectivity index (χ3n) is 4.00. The molecule has 1 aliphatic rings. The summed E-state index contributed by atoms with van der Waals surface area (Å²) in [7, 11) is 0. The van der Waals surface area contributed by atoms with Crippen LogP contribution in [0.5, 0.6) is 5.75 Å². The Kier molecular flexibility index (Phi) is 7.10. The fourth-order valence-corrected chi connectivity index (χ4v) is 2.53. The zero-order valence-electron chi connectivity index (χ0n) is 12.9. The maximum absolute atomic E-state index is 13.0. The topological polar surface area (TPSA) is 55.6 Å². The molecule has 6 heteroatoms. The second-order valence-corrected chi connectivity index (χ2v) is 5.99. The molecule has 22 heavy (non-hydrogen) atoms. The van der Waals surface area contributed by atoms with Crippen LogP contribution >= 0.6 is 12.4 Å². The van der Waals surface area contributed by atoms with Gasteiger partial charge in [-0.05, 0) is 36.9 Å². The van der Waals surface area contributed by atoms with Gasteiger partial charge < -0.3 is 15.4 Å². The van der Waals surface area contributed by atoms with Crippen LogP contribution < -0.4 is 10.5 Å². The molecule has 1 atom stereocenters. The largest absolute Gasteiger partial charge is 0.493 e. The zero-order valence-corrected chi connectivity index (χ0v) is 13.7. The van der Waals surface area contributed by atoms with E-state index in [1.165, 1.54) is 12.1 Å². The number of halogens is 2. The molecule has 1 aromatic rings.